The molecule has 6 heteroatoms. The Hall–Kier alpha value is -0.420. The van der Waals surface area contributed by atoms with Gasteiger partial charge in [0.15, 0.2) is 0 Å². The van der Waals surface area contributed by atoms with Crippen molar-refractivity contribution in [2.75, 3.05) is 0 Å². The monoisotopic (exact) mass is 290 g/mol. The highest BCUT2D eigenvalue weighted by Gasteiger charge is 2.70. The first kappa shape index (κ1) is 16.6. The van der Waals surface area contributed by atoms with Crippen molar-refractivity contribution >= 4 is 0 Å². The van der Waals surface area contributed by atoms with Crippen molar-refractivity contribution in [2.45, 2.75) is 59.3 Å². The van der Waals surface area contributed by atoms with Gasteiger partial charge in [-0.05, 0) is 30.6 Å². The van der Waals surface area contributed by atoms with E-state index in [1.165, 1.54) is 27.7 Å². The van der Waals surface area contributed by atoms with Gasteiger partial charge in [0.1, 0.15) is 0 Å². The highest BCUT2D eigenvalue weighted by atomic mass is 19.4. The lowest BCUT2D eigenvalue weighted by Gasteiger charge is -2.40. The van der Waals surface area contributed by atoms with Gasteiger partial charge in [-0.1, -0.05) is 27.7 Å². The summed E-state index contributed by atoms with van der Waals surface area (Å²) in [6.45, 7) is 5.44. The quantitative estimate of drug-likeness (QED) is 0.593. The van der Waals surface area contributed by atoms with Gasteiger partial charge in [0, 0.05) is 0 Å². The fourth-order valence-corrected chi connectivity index (χ4v) is 2.94. The van der Waals surface area contributed by atoms with E-state index in [9.17, 15) is 26.3 Å². The molecule has 0 aliphatic heterocycles. The lowest BCUT2D eigenvalue weighted by Crippen LogP contribution is -2.42. The van der Waals surface area contributed by atoms with Gasteiger partial charge in [-0.25, -0.2) is 0 Å². The third kappa shape index (κ3) is 3.02. The standard InChI is InChI=1S/C13H20F6/c1-8(2)9(12(14,15)16)7-10(3,4)11(5-6-11)13(17,18)19/h8-9H,5-7H2,1-4H3/t9-/m1/s1. The van der Waals surface area contributed by atoms with Crippen molar-refractivity contribution in [1.29, 1.82) is 0 Å². The van der Waals surface area contributed by atoms with Crippen LogP contribution in [0.15, 0.2) is 0 Å². The Balaban J connectivity index is 2.96. The molecule has 1 atom stereocenters. The van der Waals surface area contributed by atoms with E-state index >= 15 is 0 Å². The number of alkyl halides is 6. The Kier molecular flexibility index (Phi) is 3.99. The van der Waals surface area contributed by atoms with Crippen LogP contribution in [0.1, 0.15) is 47.0 Å². The molecule has 0 N–H and O–H groups in total. The van der Waals surface area contributed by atoms with E-state index in [0.717, 1.165) is 0 Å². The minimum absolute atomic E-state index is 0.0633. The van der Waals surface area contributed by atoms with Crippen LogP contribution >= 0.6 is 0 Å². The van der Waals surface area contributed by atoms with E-state index in [1.54, 1.807) is 0 Å². The second-order valence-corrected chi connectivity index (χ2v) is 6.56. The Bertz CT molecular complexity index is 319. The molecule has 0 nitrogen and oxygen atoms in total. The summed E-state index contributed by atoms with van der Waals surface area (Å²) in [5, 5.41) is 0. The zero-order valence-electron chi connectivity index (χ0n) is 11.5. The molecule has 1 rings (SSSR count). The van der Waals surface area contributed by atoms with Crippen LogP contribution in [0.3, 0.4) is 0 Å². The first-order valence-electron chi connectivity index (χ1n) is 6.38. The Morgan fingerprint density at radius 2 is 1.37 bits per heavy atom. The van der Waals surface area contributed by atoms with E-state index in [4.69, 9.17) is 0 Å². The summed E-state index contributed by atoms with van der Waals surface area (Å²) in [7, 11) is 0. The van der Waals surface area contributed by atoms with Gasteiger partial charge in [-0.3, -0.25) is 0 Å². The van der Waals surface area contributed by atoms with Crippen LogP contribution in [0.4, 0.5) is 26.3 Å². The van der Waals surface area contributed by atoms with Gasteiger partial charge in [0.2, 0.25) is 0 Å². The summed E-state index contributed by atoms with van der Waals surface area (Å²) >= 11 is 0. The number of halogens is 6. The number of hydrogen-bond donors (Lipinski definition) is 0. The van der Waals surface area contributed by atoms with Crippen molar-refractivity contribution in [3.05, 3.63) is 0 Å². The molecule has 1 aliphatic carbocycles. The van der Waals surface area contributed by atoms with Gasteiger partial charge in [0.05, 0.1) is 11.3 Å². The third-order valence-corrected chi connectivity index (χ3v) is 4.54. The molecule has 0 unspecified atom stereocenters. The summed E-state index contributed by atoms with van der Waals surface area (Å²) in [6, 6.07) is 0. The summed E-state index contributed by atoms with van der Waals surface area (Å²) in [6.07, 6.45) is -9.48. The minimum Gasteiger partial charge on any atom is -0.171 e. The molecular formula is C13H20F6. The molecule has 0 aromatic carbocycles. The predicted molar refractivity (Wildman–Crippen MR) is 60.5 cm³/mol. The van der Waals surface area contributed by atoms with Gasteiger partial charge >= 0.3 is 12.4 Å². The minimum atomic E-state index is -4.45. The van der Waals surface area contributed by atoms with Gasteiger partial charge < -0.3 is 0 Å². The average Bonchev–Trinajstić information content (AvgIpc) is 2.90. The first-order valence-corrected chi connectivity index (χ1v) is 6.38. The van der Waals surface area contributed by atoms with E-state index in [2.05, 4.69) is 0 Å². The second kappa shape index (κ2) is 4.55. The maximum Gasteiger partial charge on any atom is 0.395 e. The molecule has 0 saturated heterocycles. The second-order valence-electron chi connectivity index (χ2n) is 6.56. The van der Waals surface area contributed by atoms with Crippen LogP contribution in [-0.4, -0.2) is 12.4 Å². The molecule has 114 valence electrons. The molecule has 0 spiro atoms. The highest BCUT2D eigenvalue weighted by Crippen LogP contribution is 2.69. The molecule has 0 amide bonds. The van der Waals surface area contributed by atoms with Crippen molar-refractivity contribution in [2.24, 2.45) is 22.7 Å². The fourth-order valence-electron chi connectivity index (χ4n) is 2.94. The highest BCUT2D eigenvalue weighted by molar-refractivity contribution is 5.08. The van der Waals surface area contributed by atoms with Crippen LogP contribution in [0, 0.1) is 22.7 Å². The zero-order valence-corrected chi connectivity index (χ0v) is 11.5. The van der Waals surface area contributed by atoms with Crippen molar-refractivity contribution in [3.8, 4) is 0 Å². The van der Waals surface area contributed by atoms with Gasteiger partial charge in [0.25, 0.3) is 0 Å². The molecule has 0 radical (unpaired) electrons. The normalized spacial score (nSPS) is 21.6. The number of hydrogen-bond acceptors (Lipinski definition) is 0. The van der Waals surface area contributed by atoms with Crippen LogP contribution in [0.5, 0.6) is 0 Å². The fraction of sp³-hybridized carbons (Fsp3) is 1.00. The van der Waals surface area contributed by atoms with Crippen LogP contribution in [0.25, 0.3) is 0 Å². The number of rotatable bonds is 4. The summed E-state index contributed by atoms with van der Waals surface area (Å²) in [5.74, 6) is -2.41. The SMILES string of the molecule is CC(C)[C@@H](CC(C)(C)C1(C(F)(F)F)CC1)C(F)(F)F. The molecule has 19 heavy (non-hydrogen) atoms. The molecular weight excluding hydrogens is 270 g/mol. The lowest BCUT2D eigenvalue weighted by molar-refractivity contribution is -0.237. The summed E-state index contributed by atoms with van der Waals surface area (Å²) in [5.41, 5.74) is -3.33. The first-order chi connectivity index (χ1) is 8.25. The van der Waals surface area contributed by atoms with E-state index in [0.29, 0.717) is 0 Å². The Morgan fingerprint density at radius 1 is 0.947 bits per heavy atom. The molecule has 1 aliphatic rings. The summed E-state index contributed by atoms with van der Waals surface area (Å²) in [4.78, 5) is 0. The Labute approximate surface area is 109 Å². The van der Waals surface area contributed by atoms with Gasteiger partial charge in [-0.2, -0.15) is 26.3 Å². The topological polar surface area (TPSA) is 0 Å². The molecule has 0 aromatic heterocycles. The molecule has 1 fully saturated rings. The molecule has 0 bridgehead atoms. The average molecular weight is 290 g/mol. The molecule has 0 aromatic rings. The molecule has 1 saturated carbocycles. The predicted octanol–water partition coefficient (Wildman–Crippen LogP) is 5.58. The van der Waals surface area contributed by atoms with Crippen molar-refractivity contribution < 1.29 is 26.3 Å². The Morgan fingerprint density at radius 3 is 1.58 bits per heavy atom. The van der Waals surface area contributed by atoms with E-state index in [-0.39, 0.29) is 12.8 Å². The van der Waals surface area contributed by atoms with Crippen LogP contribution in [0.2, 0.25) is 0 Å². The summed E-state index contributed by atoms with van der Waals surface area (Å²) < 4.78 is 78.0. The molecule has 0 heterocycles. The lowest BCUT2D eigenvalue weighted by atomic mass is 9.68. The van der Waals surface area contributed by atoms with Gasteiger partial charge in [-0.15, -0.1) is 0 Å². The largest absolute Gasteiger partial charge is 0.395 e. The van der Waals surface area contributed by atoms with Crippen molar-refractivity contribution in [3.63, 3.8) is 0 Å². The smallest absolute Gasteiger partial charge is 0.171 e. The zero-order chi connectivity index (χ0) is 15.3. The van der Waals surface area contributed by atoms with Crippen molar-refractivity contribution in [1.82, 2.24) is 0 Å². The van der Waals surface area contributed by atoms with E-state index < -0.39 is 41.4 Å². The van der Waals surface area contributed by atoms with Crippen LogP contribution in [-0.2, 0) is 0 Å². The third-order valence-electron chi connectivity index (χ3n) is 4.54. The maximum absolute atomic E-state index is 13.1. The maximum atomic E-state index is 13.1. The van der Waals surface area contributed by atoms with Crippen LogP contribution < -0.4 is 0 Å². The van der Waals surface area contributed by atoms with E-state index in [1.807, 2.05) is 0 Å².